The predicted octanol–water partition coefficient (Wildman–Crippen LogP) is 3.56. The first-order valence-corrected chi connectivity index (χ1v) is 6.04. The molecule has 0 amide bonds. The van der Waals surface area contributed by atoms with Crippen LogP contribution >= 0.6 is 23.2 Å². The number of piperidine rings is 1. The third kappa shape index (κ3) is 2.49. The topological polar surface area (TPSA) is 35.8 Å². The molecule has 84 valence electrons. The molecule has 2 unspecified atom stereocenters. The minimum absolute atomic E-state index is 0.112. The molecule has 4 heteroatoms. The highest BCUT2D eigenvalue weighted by molar-refractivity contribution is 6.33. The molecule has 2 nitrogen and oxygen atoms in total. The van der Waals surface area contributed by atoms with Crippen molar-refractivity contribution < 1.29 is 0 Å². The smallest absolute Gasteiger partial charge is 0.0657 e. The molecule has 2 atom stereocenters. The average molecular weight is 255 g/mol. The van der Waals surface area contributed by atoms with E-state index in [-0.39, 0.29) is 12.0 Å². The third-order valence-corrected chi connectivity index (χ3v) is 3.50. The number of rotatable bonds is 1. The van der Waals surface area contributed by atoms with E-state index in [2.05, 4.69) is 11.4 Å². The second kappa shape index (κ2) is 5.05. The van der Waals surface area contributed by atoms with Gasteiger partial charge >= 0.3 is 0 Å². The summed E-state index contributed by atoms with van der Waals surface area (Å²) in [5, 5.41) is 13.7. The molecule has 1 heterocycles. The van der Waals surface area contributed by atoms with Crippen LogP contribution in [0, 0.1) is 17.2 Å². The highest BCUT2D eigenvalue weighted by Crippen LogP contribution is 2.32. The normalized spacial score (nSPS) is 25.1. The Morgan fingerprint density at radius 3 is 2.94 bits per heavy atom. The molecule has 1 fully saturated rings. The summed E-state index contributed by atoms with van der Waals surface area (Å²) in [5.41, 5.74) is 0.995. The maximum Gasteiger partial charge on any atom is 0.0657 e. The lowest BCUT2D eigenvalue weighted by molar-refractivity contribution is 0.356. The third-order valence-electron chi connectivity index (χ3n) is 2.92. The molecule has 1 aromatic carbocycles. The standard InChI is InChI=1S/C12H12Cl2N2/c13-9-1-2-11(14)10(6-9)12-5-8(7-15)3-4-16-12/h1-2,6,8,12,16H,3-5H2. The van der Waals surface area contributed by atoms with Gasteiger partial charge in [0.15, 0.2) is 0 Å². The van der Waals surface area contributed by atoms with Crippen LogP contribution in [0.3, 0.4) is 0 Å². The monoisotopic (exact) mass is 254 g/mol. The van der Waals surface area contributed by atoms with Crippen molar-refractivity contribution in [3.8, 4) is 6.07 Å². The zero-order valence-electron chi connectivity index (χ0n) is 8.71. The molecule has 16 heavy (non-hydrogen) atoms. The fourth-order valence-corrected chi connectivity index (χ4v) is 2.48. The quantitative estimate of drug-likeness (QED) is 0.832. The van der Waals surface area contributed by atoms with E-state index in [1.807, 2.05) is 6.07 Å². The first kappa shape index (κ1) is 11.7. The first-order valence-electron chi connectivity index (χ1n) is 5.28. The van der Waals surface area contributed by atoms with Crippen LogP contribution in [0.15, 0.2) is 18.2 Å². The Labute approximate surface area is 105 Å². The molecule has 1 aliphatic rings. The molecule has 0 aromatic heterocycles. The number of benzene rings is 1. The van der Waals surface area contributed by atoms with Crippen LogP contribution in [0.5, 0.6) is 0 Å². The first-order chi connectivity index (χ1) is 7.70. The largest absolute Gasteiger partial charge is 0.310 e. The number of hydrogen-bond acceptors (Lipinski definition) is 2. The molecule has 0 spiro atoms. The van der Waals surface area contributed by atoms with Crippen LogP contribution < -0.4 is 5.32 Å². The molecule has 0 radical (unpaired) electrons. The van der Waals surface area contributed by atoms with E-state index in [1.54, 1.807) is 12.1 Å². The SMILES string of the molecule is N#CC1CCNC(c2cc(Cl)ccc2Cl)C1. The van der Waals surface area contributed by atoms with Crippen molar-refractivity contribution in [3.05, 3.63) is 33.8 Å². The van der Waals surface area contributed by atoms with E-state index in [4.69, 9.17) is 28.5 Å². The number of nitrogens with zero attached hydrogens (tertiary/aromatic N) is 1. The summed E-state index contributed by atoms with van der Waals surface area (Å²) in [6.45, 7) is 0.853. The Morgan fingerprint density at radius 1 is 1.38 bits per heavy atom. The molecule has 1 aromatic rings. The van der Waals surface area contributed by atoms with Gasteiger partial charge in [-0.2, -0.15) is 5.26 Å². The molecule has 0 bridgehead atoms. The van der Waals surface area contributed by atoms with Crippen molar-refractivity contribution in [1.29, 1.82) is 5.26 Å². The van der Waals surface area contributed by atoms with Gasteiger partial charge in [0.05, 0.1) is 6.07 Å². The predicted molar refractivity (Wildman–Crippen MR) is 65.5 cm³/mol. The summed E-state index contributed by atoms with van der Waals surface area (Å²) in [7, 11) is 0. The molecule has 0 saturated carbocycles. The fraction of sp³-hybridized carbons (Fsp3) is 0.417. The number of nitriles is 1. The number of hydrogen-bond donors (Lipinski definition) is 1. The summed E-state index contributed by atoms with van der Waals surface area (Å²) in [4.78, 5) is 0. The lowest BCUT2D eigenvalue weighted by atomic mass is 9.90. The maximum atomic E-state index is 8.94. The Balaban J connectivity index is 2.23. The van der Waals surface area contributed by atoms with Crippen molar-refractivity contribution in [1.82, 2.24) is 5.32 Å². The van der Waals surface area contributed by atoms with Crippen LogP contribution in [0.4, 0.5) is 0 Å². The second-order valence-electron chi connectivity index (χ2n) is 4.02. The molecular formula is C12H12Cl2N2. The van der Waals surface area contributed by atoms with E-state index in [1.165, 1.54) is 0 Å². The number of nitrogens with one attached hydrogen (secondary N) is 1. The number of halogens is 2. The van der Waals surface area contributed by atoms with Crippen molar-refractivity contribution in [2.24, 2.45) is 5.92 Å². The van der Waals surface area contributed by atoms with Crippen LogP contribution in [0.1, 0.15) is 24.4 Å². The van der Waals surface area contributed by atoms with Crippen LogP contribution in [0.2, 0.25) is 10.0 Å². The van der Waals surface area contributed by atoms with Gasteiger partial charge in [0.1, 0.15) is 0 Å². The Morgan fingerprint density at radius 2 is 2.19 bits per heavy atom. The van der Waals surface area contributed by atoms with Gasteiger partial charge in [-0.25, -0.2) is 0 Å². The average Bonchev–Trinajstić information content (AvgIpc) is 2.32. The minimum Gasteiger partial charge on any atom is -0.310 e. The fourth-order valence-electron chi connectivity index (χ4n) is 2.05. The lowest BCUT2D eigenvalue weighted by Gasteiger charge is -2.27. The van der Waals surface area contributed by atoms with E-state index >= 15 is 0 Å². The van der Waals surface area contributed by atoms with Crippen molar-refractivity contribution in [2.75, 3.05) is 6.54 Å². The summed E-state index contributed by atoms with van der Waals surface area (Å²) < 4.78 is 0. The van der Waals surface area contributed by atoms with E-state index in [9.17, 15) is 0 Å². The van der Waals surface area contributed by atoms with Gasteiger partial charge in [-0.15, -0.1) is 0 Å². The van der Waals surface area contributed by atoms with Crippen molar-refractivity contribution >= 4 is 23.2 Å². The molecule has 1 aliphatic heterocycles. The second-order valence-corrected chi connectivity index (χ2v) is 4.87. The Bertz CT molecular complexity index is 426. The summed E-state index contributed by atoms with van der Waals surface area (Å²) >= 11 is 12.1. The molecule has 1 N–H and O–H groups in total. The highest BCUT2D eigenvalue weighted by atomic mass is 35.5. The summed E-state index contributed by atoms with van der Waals surface area (Å²) in [5.74, 6) is 0.112. The van der Waals surface area contributed by atoms with E-state index in [0.29, 0.717) is 10.0 Å². The van der Waals surface area contributed by atoms with Crippen LogP contribution in [-0.4, -0.2) is 6.54 Å². The zero-order valence-corrected chi connectivity index (χ0v) is 10.2. The van der Waals surface area contributed by atoms with Crippen molar-refractivity contribution in [2.45, 2.75) is 18.9 Å². The van der Waals surface area contributed by atoms with Crippen LogP contribution in [-0.2, 0) is 0 Å². The van der Waals surface area contributed by atoms with Gasteiger partial charge in [0.25, 0.3) is 0 Å². The minimum atomic E-state index is 0.112. The summed E-state index contributed by atoms with van der Waals surface area (Å²) in [6.07, 6.45) is 1.71. The van der Waals surface area contributed by atoms with Gasteiger partial charge in [-0.3, -0.25) is 0 Å². The van der Waals surface area contributed by atoms with Gasteiger partial charge in [0, 0.05) is 22.0 Å². The molecule has 0 aliphatic carbocycles. The lowest BCUT2D eigenvalue weighted by Crippen LogP contribution is -2.31. The van der Waals surface area contributed by atoms with Gasteiger partial charge in [-0.05, 0) is 43.1 Å². The van der Waals surface area contributed by atoms with E-state index in [0.717, 1.165) is 24.9 Å². The van der Waals surface area contributed by atoms with Crippen molar-refractivity contribution in [3.63, 3.8) is 0 Å². The Kier molecular flexibility index (Phi) is 3.70. The maximum absolute atomic E-state index is 8.94. The molecular weight excluding hydrogens is 243 g/mol. The Hall–Kier alpha value is -0.750. The van der Waals surface area contributed by atoms with E-state index < -0.39 is 0 Å². The van der Waals surface area contributed by atoms with Gasteiger partial charge < -0.3 is 5.32 Å². The van der Waals surface area contributed by atoms with Crippen LogP contribution in [0.25, 0.3) is 0 Å². The molecule has 1 saturated heterocycles. The zero-order chi connectivity index (χ0) is 11.5. The molecule has 2 rings (SSSR count). The van der Waals surface area contributed by atoms with Gasteiger partial charge in [-0.1, -0.05) is 23.2 Å². The summed E-state index contributed by atoms with van der Waals surface area (Å²) in [6, 6.07) is 7.92. The van der Waals surface area contributed by atoms with Gasteiger partial charge in [0.2, 0.25) is 0 Å². The highest BCUT2D eigenvalue weighted by Gasteiger charge is 2.24.